The topological polar surface area (TPSA) is 41.1 Å². The molecule has 0 bridgehead atoms. The smallest absolute Gasteiger partial charge is 0.225 e. The second kappa shape index (κ2) is 4.93. The van der Waals surface area contributed by atoms with E-state index < -0.39 is 0 Å². The van der Waals surface area contributed by atoms with Gasteiger partial charge in [0.15, 0.2) is 0 Å². The van der Waals surface area contributed by atoms with Crippen molar-refractivity contribution in [3.8, 4) is 0 Å². The Labute approximate surface area is 112 Å². The number of amides is 1. The van der Waals surface area contributed by atoms with Crippen molar-refractivity contribution in [2.24, 2.45) is 5.92 Å². The summed E-state index contributed by atoms with van der Waals surface area (Å²) in [4.78, 5) is 11.9. The Morgan fingerprint density at radius 3 is 2.47 bits per heavy atom. The molecule has 1 aromatic rings. The Kier molecular flexibility index (Phi) is 3.27. The van der Waals surface area contributed by atoms with E-state index in [4.69, 9.17) is 0 Å². The second-order valence-corrected chi connectivity index (χ2v) is 5.71. The van der Waals surface area contributed by atoms with Gasteiger partial charge < -0.3 is 10.6 Å². The highest BCUT2D eigenvalue weighted by Crippen LogP contribution is 2.43. The lowest BCUT2D eigenvalue weighted by molar-refractivity contribution is -0.126. The summed E-state index contributed by atoms with van der Waals surface area (Å²) in [5, 5.41) is 6.17. The fraction of sp³-hybridized carbons (Fsp3) is 0.533. The third kappa shape index (κ3) is 2.37. The van der Waals surface area contributed by atoms with Gasteiger partial charge in [-0.25, -0.2) is 4.39 Å². The van der Waals surface area contributed by atoms with Gasteiger partial charge in [0.1, 0.15) is 5.82 Å². The number of benzene rings is 1. The highest BCUT2D eigenvalue weighted by molar-refractivity contribution is 5.80. The third-order valence-corrected chi connectivity index (χ3v) is 4.52. The molecule has 0 radical (unpaired) electrons. The van der Waals surface area contributed by atoms with E-state index in [0.29, 0.717) is 6.54 Å². The average Bonchev–Trinajstić information content (AvgIpc) is 2.27. The Bertz CT molecular complexity index is 464. The van der Waals surface area contributed by atoms with Gasteiger partial charge in [-0.1, -0.05) is 18.6 Å². The SMILES string of the molecule is O=C(NCC1(c2ccc(F)cc2)CCC1)C1CNC1. The zero-order valence-corrected chi connectivity index (χ0v) is 10.9. The molecule has 1 saturated heterocycles. The van der Waals surface area contributed by atoms with E-state index in [1.165, 1.54) is 18.6 Å². The number of rotatable bonds is 4. The van der Waals surface area contributed by atoms with E-state index in [2.05, 4.69) is 10.6 Å². The molecule has 0 spiro atoms. The van der Waals surface area contributed by atoms with Gasteiger partial charge in [-0.05, 0) is 30.5 Å². The lowest BCUT2D eigenvalue weighted by Crippen LogP contribution is -2.54. The quantitative estimate of drug-likeness (QED) is 0.865. The van der Waals surface area contributed by atoms with Crippen molar-refractivity contribution >= 4 is 5.91 Å². The molecule has 1 aliphatic heterocycles. The van der Waals surface area contributed by atoms with Crippen molar-refractivity contribution in [2.45, 2.75) is 24.7 Å². The van der Waals surface area contributed by atoms with Crippen LogP contribution in [0.3, 0.4) is 0 Å². The number of nitrogens with one attached hydrogen (secondary N) is 2. The summed E-state index contributed by atoms with van der Waals surface area (Å²) in [5.74, 6) is 0.0697. The lowest BCUT2D eigenvalue weighted by Gasteiger charge is -2.43. The van der Waals surface area contributed by atoms with Gasteiger partial charge in [0.25, 0.3) is 0 Å². The fourth-order valence-corrected chi connectivity index (χ4v) is 2.85. The van der Waals surface area contributed by atoms with E-state index in [0.717, 1.165) is 31.5 Å². The molecule has 0 atom stereocenters. The van der Waals surface area contributed by atoms with Crippen molar-refractivity contribution in [1.29, 1.82) is 0 Å². The number of carbonyl (C=O) groups excluding carboxylic acids is 1. The number of halogens is 1. The van der Waals surface area contributed by atoms with Crippen LogP contribution in [0.1, 0.15) is 24.8 Å². The Morgan fingerprint density at radius 2 is 2.00 bits per heavy atom. The van der Waals surface area contributed by atoms with E-state index in [9.17, 15) is 9.18 Å². The van der Waals surface area contributed by atoms with Gasteiger partial charge in [0, 0.05) is 25.0 Å². The normalized spacial score (nSPS) is 21.3. The zero-order valence-electron chi connectivity index (χ0n) is 10.9. The highest BCUT2D eigenvalue weighted by atomic mass is 19.1. The monoisotopic (exact) mass is 262 g/mol. The first-order valence-corrected chi connectivity index (χ1v) is 6.94. The van der Waals surface area contributed by atoms with Crippen LogP contribution < -0.4 is 10.6 Å². The molecule has 19 heavy (non-hydrogen) atoms. The molecular weight excluding hydrogens is 243 g/mol. The molecule has 0 aromatic heterocycles. The van der Waals surface area contributed by atoms with Gasteiger partial charge >= 0.3 is 0 Å². The molecule has 2 fully saturated rings. The standard InChI is InChI=1S/C15H19FN2O/c16-13-4-2-12(3-5-13)15(6-1-7-15)10-18-14(19)11-8-17-9-11/h2-5,11,17H,1,6-10H2,(H,18,19). The molecule has 2 aliphatic rings. The summed E-state index contributed by atoms with van der Waals surface area (Å²) in [7, 11) is 0. The van der Waals surface area contributed by atoms with Crippen LogP contribution in [0.15, 0.2) is 24.3 Å². The molecule has 2 N–H and O–H groups in total. The van der Waals surface area contributed by atoms with Gasteiger partial charge in [0.05, 0.1) is 5.92 Å². The third-order valence-electron chi connectivity index (χ3n) is 4.52. The maximum atomic E-state index is 13.0. The summed E-state index contributed by atoms with van der Waals surface area (Å²) in [6, 6.07) is 6.72. The minimum absolute atomic E-state index is 0.0283. The van der Waals surface area contributed by atoms with Gasteiger partial charge in [-0.15, -0.1) is 0 Å². The molecule has 1 amide bonds. The molecule has 102 valence electrons. The summed E-state index contributed by atoms with van der Waals surface area (Å²) < 4.78 is 13.0. The predicted molar refractivity (Wildman–Crippen MR) is 71.3 cm³/mol. The maximum absolute atomic E-state index is 13.0. The van der Waals surface area contributed by atoms with E-state index in [1.54, 1.807) is 0 Å². The van der Waals surface area contributed by atoms with Gasteiger partial charge in [-0.2, -0.15) is 0 Å². The number of hydrogen-bond donors (Lipinski definition) is 2. The number of carbonyl (C=O) groups is 1. The van der Waals surface area contributed by atoms with Crippen LogP contribution in [0, 0.1) is 11.7 Å². The van der Waals surface area contributed by atoms with Crippen LogP contribution in [0.5, 0.6) is 0 Å². The van der Waals surface area contributed by atoms with Gasteiger partial charge in [0.2, 0.25) is 5.91 Å². The number of hydrogen-bond acceptors (Lipinski definition) is 2. The maximum Gasteiger partial charge on any atom is 0.225 e. The predicted octanol–water partition coefficient (Wildman–Crippen LogP) is 1.58. The Balaban J connectivity index is 1.65. The molecule has 1 saturated carbocycles. The summed E-state index contributed by atoms with van der Waals surface area (Å²) >= 11 is 0. The van der Waals surface area contributed by atoms with Gasteiger partial charge in [-0.3, -0.25) is 4.79 Å². The summed E-state index contributed by atoms with van der Waals surface area (Å²) in [5.41, 5.74) is 1.17. The van der Waals surface area contributed by atoms with Crippen LogP contribution in [-0.2, 0) is 10.2 Å². The van der Waals surface area contributed by atoms with Crippen LogP contribution in [-0.4, -0.2) is 25.5 Å². The molecule has 1 heterocycles. The van der Waals surface area contributed by atoms with E-state index in [-0.39, 0.29) is 23.1 Å². The van der Waals surface area contributed by atoms with Crippen LogP contribution in [0.25, 0.3) is 0 Å². The summed E-state index contributed by atoms with van der Waals surface area (Å²) in [6.45, 7) is 2.25. The lowest BCUT2D eigenvalue weighted by atomic mass is 9.64. The molecule has 1 aliphatic carbocycles. The molecule has 4 heteroatoms. The molecule has 3 nitrogen and oxygen atoms in total. The minimum Gasteiger partial charge on any atom is -0.355 e. The van der Waals surface area contributed by atoms with Crippen molar-refractivity contribution in [2.75, 3.05) is 19.6 Å². The summed E-state index contributed by atoms with van der Waals surface area (Å²) in [6.07, 6.45) is 3.32. The molecule has 3 rings (SSSR count). The van der Waals surface area contributed by atoms with Crippen LogP contribution >= 0.6 is 0 Å². The first kappa shape index (κ1) is 12.6. The largest absolute Gasteiger partial charge is 0.355 e. The van der Waals surface area contributed by atoms with E-state index in [1.807, 2.05) is 12.1 Å². The van der Waals surface area contributed by atoms with Crippen molar-refractivity contribution in [1.82, 2.24) is 10.6 Å². The first-order valence-electron chi connectivity index (χ1n) is 6.94. The zero-order chi connectivity index (χ0) is 13.3. The Hall–Kier alpha value is -1.42. The highest BCUT2D eigenvalue weighted by Gasteiger charge is 2.39. The molecule has 0 unspecified atom stereocenters. The van der Waals surface area contributed by atoms with Crippen LogP contribution in [0.4, 0.5) is 4.39 Å². The van der Waals surface area contributed by atoms with Crippen molar-refractivity contribution in [3.05, 3.63) is 35.6 Å². The molecule has 1 aromatic carbocycles. The van der Waals surface area contributed by atoms with Crippen LogP contribution in [0.2, 0.25) is 0 Å². The fourth-order valence-electron chi connectivity index (χ4n) is 2.85. The van der Waals surface area contributed by atoms with E-state index >= 15 is 0 Å². The average molecular weight is 262 g/mol. The first-order chi connectivity index (χ1) is 9.20. The van der Waals surface area contributed by atoms with Crippen molar-refractivity contribution < 1.29 is 9.18 Å². The second-order valence-electron chi connectivity index (χ2n) is 5.71. The Morgan fingerprint density at radius 1 is 1.32 bits per heavy atom. The van der Waals surface area contributed by atoms with Crippen molar-refractivity contribution in [3.63, 3.8) is 0 Å². The minimum atomic E-state index is -0.206. The molecular formula is C15H19FN2O.